The molecule has 0 aliphatic carbocycles. The van der Waals surface area contributed by atoms with Crippen molar-refractivity contribution in [2.45, 2.75) is 0 Å². The molecule has 1 aliphatic heterocycles. The van der Waals surface area contributed by atoms with Gasteiger partial charge in [-0.15, -0.1) is 0 Å². The van der Waals surface area contributed by atoms with E-state index in [9.17, 15) is 4.39 Å². The van der Waals surface area contributed by atoms with E-state index >= 15 is 0 Å². The molecule has 1 heterocycles. The molecule has 0 bridgehead atoms. The van der Waals surface area contributed by atoms with Crippen LogP contribution in [-0.2, 0) is 0 Å². The molecular formula is C18H19ClFN3S. The summed E-state index contributed by atoms with van der Waals surface area (Å²) in [6, 6.07) is 14.3. The Morgan fingerprint density at radius 2 is 1.58 bits per heavy atom. The van der Waals surface area contributed by atoms with E-state index < -0.39 is 0 Å². The number of hydrogen-bond donors (Lipinski definition) is 0. The van der Waals surface area contributed by atoms with Crippen LogP contribution in [0.3, 0.4) is 0 Å². The van der Waals surface area contributed by atoms with Gasteiger partial charge in [0.05, 0.1) is 0 Å². The SMILES string of the molecule is CN(C(=S)N1CCN(c2ccc(Cl)cc2)CC1)c1ccc(F)cc1. The van der Waals surface area contributed by atoms with Crippen LogP contribution in [-0.4, -0.2) is 43.2 Å². The molecule has 1 saturated heterocycles. The van der Waals surface area contributed by atoms with Crippen LogP contribution in [0, 0.1) is 5.82 Å². The first kappa shape index (κ1) is 17.0. The predicted molar refractivity (Wildman–Crippen MR) is 103 cm³/mol. The largest absolute Gasteiger partial charge is 0.368 e. The third kappa shape index (κ3) is 3.79. The number of hydrogen-bond acceptors (Lipinski definition) is 2. The van der Waals surface area contributed by atoms with Gasteiger partial charge < -0.3 is 14.7 Å². The maximum atomic E-state index is 13.1. The molecule has 0 N–H and O–H groups in total. The van der Waals surface area contributed by atoms with E-state index in [-0.39, 0.29) is 5.82 Å². The Labute approximate surface area is 152 Å². The molecule has 2 aromatic carbocycles. The molecule has 3 nitrogen and oxygen atoms in total. The Kier molecular flexibility index (Phi) is 5.21. The number of anilines is 2. The fraction of sp³-hybridized carbons (Fsp3) is 0.278. The lowest BCUT2D eigenvalue weighted by atomic mass is 10.2. The van der Waals surface area contributed by atoms with E-state index in [2.05, 4.69) is 9.80 Å². The molecule has 0 aromatic heterocycles. The Hall–Kier alpha value is -1.85. The standard InChI is InChI=1S/C18H19ClFN3S/c1-21(16-8-4-15(20)5-9-16)18(24)23-12-10-22(11-13-23)17-6-2-14(19)3-7-17/h2-9H,10-13H2,1H3. The number of nitrogens with zero attached hydrogens (tertiary/aromatic N) is 3. The van der Waals surface area contributed by atoms with Crippen LogP contribution in [0.15, 0.2) is 48.5 Å². The van der Waals surface area contributed by atoms with Crippen molar-refractivity contribution in [3.8, 4) is 0 Å². The first-order chi connectivity index (χ1) is 11.5. The number of benzene rings is 2. The first-order valence-electron chi connectivity index (χ1n) is 7.83. The van der Waals surface area contributed by atoms with Crippen LogP contribution in [0.5, 0.6) is 0 Å². The van der Waals surface area contributed by atoms with Crippen molar-refractivity contribution >= 4 is 40.3 Å². The number of rotatable bonds is 2. The number of thiocarbonyl (C=S) groups is 1. The van der Waals surface area contributed by atoms with Crippen LogP contribution in [0.1, 0.15) is 0 Å². The van der Waals surface area contributed by atoms with Gasteiger partial charge in [-0.2, -0.15) is 0 Å². The quantitative estimate of drug-likeness (QED) is 0.745. The van der Waals surface area contributed by atoms with Crippen LogP contribution < -0.4 is 9.80 Å². The van der Waals surface area contributed by atoms with Gasteiger partial charge in [0, 0.05) is 49.6 Å². The van der Waals surface area contributed by atoms with Gasteiger partial charge in [-0.25, -0.2) is 4.39 Å². The van der Waals surface area contributed by atoms with E-state index in [0.29, 0.717) is 0 Å². The van der Waals surface area contributed by atoms with Gasteiger partial charge in [-0.1, -0.05) is 11.6 Å². The fourth-order valence-electron chi connectivity index (χ4n) is 2.80. The number of halogens is 2. The minimum atomic E-state index is -0.241. The molecule has 0 saturated carbocycles. The van der Waals surface area contributed by atoms with Gasteiger partial charge in [0.1, 0.15) is 5.82 Å². The molecule has 6 heteroatoms. The summed E-state index contributed by atoms with van der Waals surface area (Å²) in [5.41, 5.74) is 2.07. The molecule has 0 unspecified atom stereocenters. The van der Waals surface area contributed by atoms with E-state index in [1.165, 1.54) is 17.8 Å². The van der Waals surface area contributed by atoms with Crippen molar-refractivity contribution < 1.29 is 4.39 Å². The second-order valence-electron chi connectivity index (χ2n) is 5.77. The molecule has 1 fully saturated rings. The van der Waals surface area contributed by atoms with E-state index in [1.807, 2.05) is 36.2 Å². The van der Waals surface area contributed by atoms with E-state index in [1.54, 1.807) is 12.1 Å². The normalized spacial score (nSPS) is 14.6. The van der Waals surface area contributed by atoms with Gasteiger partial charge in [-0.05, 0) is 60.7 Å². The maximum absolute atomic E-state index is 13.1. The lowest BCUT2D eigenvalue weighted by molar-refractivity contribution is 0.387. The smallest absolute Gasteiger partial charge is 0.175 e. The Morgan fingerprint density at radius 3 is 2.17 bits per heavy atom. The van der Waals surface area contributed by atoms with Crippen molar-refractivity contribution in [1.29, 1.82) is 0 Å². The second kappa shape index (κ2) is 7.36. The van der Waals surface area contributed by atoms with Crippen LogP contribution in [0.25, 0.3) is 0 Å². The second-order valence-corrected chi connectivity index (χ2v) is 6.57. The van der Waals surface area contributed by atoms with Gasteiger partial charge in [0.25, 0.3) is 0 Å². The Balaban J connectivity index is 1.60. The van der Waals surface area contributed by atoms with E-state index in [4.69, 9.17) is 23.8 Å². The summed E-state index contributed by atoms with van der Waals surface area (Å²) in [6.45, 7) is 3.51. The van der Waals surface area contributed by atoms with Crippen LogP contribution in [0.4, 0.5) is 15.8 Å². The molecule has 3 rings (SSSR count). The highest BCUT2D eigenvalue weighted by Gasteiger charge is 2.21. The summed E-state index contributed by atoms with van der Waals surface area (Å²) in [4.78, 5) is 6.44. The van der Waals surface area contributed by atoms with Gasteiger partial charge in [0.15, 0.2) is 5.11 Å². The highest BCUT2D eigenvalue weighted by Crippen LogP contribution is 2.21. The topological polar surface area (TPSA) is 9.72 Å². The third-order valence-electron chi connectivity index (χ3n) is 4.24. The molecular weight excluding hydrogens is 345 g/mol. The number of piperazine rings is 1. The summed E-state index contributed by atoms with van der Waals surface area (Å²) in [7, 11) is 1.92. The van der Waals surface area contributed by atoms with Crippen LogP contribution in [0.2, 0.25) is 5.02 Å². The van der Waals surface area contributed by atoms with Gasteiger partial charge in [-0.3, -0.25) is 0 Å². The van der Waals surface area contributed by atoms with E-state index in [0.717, 1.165) is 42.0 Å². The zero-order valence-corrected chi connectivity index (χ0v) is 15.0. The van der Waals surface area contributed by atoms with Crippen molar-refractivity contribution in [3.05, 3.63) is 59.4 Å². The van der Waals surface area contributed by atoms with Crippen molar-refractivity contribution in [1.82, 2.24) is 4.90 Å². The minimum absolute atomic E-state index is 0.241. The lowest BCUT2D eigenvalue weighted by Crippen LogP contribution is -2.52. The Morgan fingerprint density at radius 1 is 1.00 bits per heavy atom. The third-order valence-corrected chi connectivity index (χ3v) is 5.03. The molecule has 0 atom stereocenters. The molecule has 2 aromatic rings. The first-order valence-corrected chi connectivity index (χ1v) is 8.62. The van der Waals surface area contributed by atoms with Crippen molar-refractivity contribution in [2.24, 2.45) is 0 Å². The average molecular weight is 364 g/mol. The van der Waals surface area contributed by atoms with Crippen LogP contribution >= 0.6 is 23.8 Å². The van der Waals surface area contributed by atoms with Gasteiger partial charge >= 0.3 is 0 Å². The zero-order chi connectivity index (χ0) is 17.1. The summed E-state index contributed by atoms with van der Waals surface area (Å²) in [5.74, 6) is -0.241. The molecule has 0 amide bonds. The summed E-state index contributed by atoms with van der Waals surface area (Å²) < 4.78 is 13.1. The molecule has 126 valence electrons. The summed E-state index contributed by atoms with van der Waals surface area (Å²) in [6.07, 6.45) is 0. The van der Waals surface area contributed by atoms with Gasteiger partial charge in [0.2, 0.25) is 0 Å². The summed E-state index contributed by atoms with van der Waals surface area (Å²) >= 11 is 11.6. The molecule has 0 spiro atoms. The Bertz CT molecular complexity index is 697. The lowest BCUT2D eigenvalue weighted by Gasteiger charge is -2.39. The zero-order valence-electron chi connectivity index (χ0n) is 13.5. The average Bonchev–Trinajstić information content (AvgIpc) is 2.62. The monoisotopic (exact) mass is 363 g/mol. The molecule has 24 heavy (non-hydrogen) atoms. The highest BCUT2D eigenvalue weighted by atomic mass is 35.5. The molecule has 0 radical (unpaired) electrons. The van der Waals surface area contributed by atoms with Crippen molar-refractivity contribution in [3.63, 3.8) is 0 Å². The summed E-state index contributed by atoms with van der Waals surface area (Å²) in [5, 5.41) is 1.51. The van der Waals surface area contributed by atoms with Crippen molar-refractivity contribution in [2.75, 3.05) is 43.0 Å². The highest BCUT2D eigenvalue weighted by molar-refractivity contribution is 7.80. The molecule has 1 aliphatic rings. The fourth-order valence-corrected chi connectivity index (χ4v) is 3.21. The minimum Gasteiger partial charge on any atom is -0.368 e. The maximum Gasteiger partial charge on any atom is 0.175 e. The predicted octanol–water partition coefficient (Wildman–Crippen LogP) is 4.02.